The first-order valence-electron chi connectivity index (χ1n) is 15.6. The molecule has 3 aromatic rings. The van der Waals surface area contributed by atoms with Gasteiger partial charge in [0.05, 0.1) is 30.5 Å². The average molecular weight is 611 g/mol. The summed E-state index contributed by atoms with van der Waals surface area (Å²) in [7, 11) is 0. The number of hydrogen-bond acceptors (Lipinski definition) is 5. The van der Waals surface area contributed by atoms with Crippen molar-refractivity contribution in [3.05, 3.63) is 133 Å². The fraction of sp³-hybridized carbons (Fsp3) is 0.342. The number of nitrogens with one attached hydrogen (secondary N) is 2. The van der Waals surface area contributed by atoms with Crippen LogP contribution in [-0.2, 0) is 38.4 Å². The predicted octanol–water partition coefficient (Wildman–Crippen LogP) is 5.38. The molecule has 0 radical (unpaired) electrons. The minimum Gasteiger partial charge on any atom is -0.463 e. The smallest absolute Gasteiger partial charge is 0.309 e. The highest BCUT2D eigenvalue weighted by atomic mass is 16.5. The van der Waals surface area contributed by atoms with E-state index < -0.39 is 18.0 Å². The summed E-state index contributed by atoms with van der Waals surface area (Å²) in [6.45, 7) is 7.35. The molecule has 7 heteroatoms. The van der Waals surface area contributed by atoms with Crippen LogP contribution in [0.2, 0.25) is 0 Å². The average Bonchev–Trinajstić information content (AvgIpc) is 3.06. The monoisotopic (exact) mass is 610 g/mol. The number of hydrogen-bond donors (Lipinski definition) is 3. The van der Waals surface area contributed by atoms with E-state index in [-0.39, 0.29) is 43.3 Å². The number of aliphatic hydroxyl groups is 1. The van der Waals surface area contributed by atoms with Gasteiger partial charge in [0, 0.05) is 6.42 Å². The van der Waals surface area contributed by atoms with E-state index >= 15 is 0 Å². The second kappa shape index (κ2) is 19.7. The Morgan fingerprint density at radius 2 is 1.24 bits per heavy atom. The molecule has 0 aromatic heterocycles. The lowest BCUT2D eigenvalue weighted by atomic mass is 9.95. The minimum atomic E-state index is -0.675. The van der Waals surface area contributed by atoms with Gasteiger partial charge in [0.25, 0.3) is 0 Å². The van der Waals surface area contributed by atoms with E-state index in [2.05, 4.69) is 23.8 Å². The number of esters is 1. The lowest BCUT2D eigenvalue weighted by Gasteiger charge is -2.24. The molecule has 45 heavy (non-hydrogen) atoms. The third-order valence-electron chi connectivity index (χ3n) is 7.64. The van der Waals surface area contributed by atoms with Crippen LogP contribution in [-0.4, -0.2) is 48.2 Å². The molecule has 3 rings (SSSR count). The molecule has 7 nitrogen and oxygen atoms in total. The van der Waals surface area contributed by atoms with E-state index in [0.29, 0.717) is 38.5 Å². The van der Waals surface area contributed by atoms with Crippen LogP contribution in [0, 0.1) is 11.8 Å². The Bertz CT molecular complexity index is 1330. The van der Waals surface area contributed by atoms with Gasteiger partial charge in [-0.25, -0.2) is 0 Å². The highest BCUT2D eigenvalue weighted by Crippen LogP contribution is 2.18. The first-order valence-corrected chi connectivity index (χ1v) is 15.6. The van der Waals surface area contributed by atoms with Crippen LogP contribution >= 0.6 is 0 Å². The topological polar surface area (TPSA) is 105 Å². The molecule has 0 aliphatic carbocycles. The maximum Gasteiger partial charge on any atom is 0.309 e. The Hall–Kier alpha value is -4.49. The van der Waals surface area contributed by atoms with Crippen molar-refractivity contribution in [2.45, 2.75) is 57.0 Å². The molecule has 0 aliphatic rings. The van der Waals surface area contributed by atoms with Crippen molar-refractivity contribution in [1.29, 1.82) is 0 Å². The number of carbonyl (C=O) groups excluding carboxylic acids is 3. The minimum absolute atomic E-state index is 0.00445. The molecule has 238 valence electrons. The van der Waals surface area contributed by atoms with Crippen LogP contribution in [0.25, 0.3) is 0 Å². The van der Waals surface area contributed by atoms with Gasteiger partial charge < -0.3 is 20.5 Å². The molecular weight excluding hydrogens is 564 g/mol. The number of amides is 2. The number of ether oxygens (including phenoxy) is 1. The second-order valence-corrected chi connectivity index (χ2v) is 11.3. The summed E-state index contributed by atoms with van der Waals surface area (Å²) in [6, 6.07) is 28.1. The number of aliphatic hydroxyl groups excluding tert-OH is 1. The van der Waals surface area contributed by atoms with Gasteiger partial charge >= 0.3 is 5.97 Å². The summed E-state index contributed by atoms with van der Waals surface area (Å²) >= 11 is 0. The number of allylic oxidation sites excluding steroid dienone is 2. The summed E-state index contributed by atoms with van der Waals surface area (Å²) in [5.41, 5.74) is 3.03. The van der Waals surface area contributed by atoms with Gasteiger partial charge in [0.15, 0.2) is 0 Å². The third-order valence-corrected chi connectivity index (χ3v) is 7.64. The summed E-state index contributed by atoms with van der Waals surface area (Å²) < 4.78 is 5.84. The van der Waals surface area contributed by atoms with Crippen LogP contribution in [0.15, 0.2) is 116 Å². The van der Waals surface area contributed by atoms with Crippen molar-refractivity contribution in [2.75, 3.05) is 13.2 Å². The number of rotatable bonds is 20. The fourth-order valence-corrected chi connectivity index (χ4v) is 5.25. The normalized spacial score (nSPS) is 13.4. The van der Waals surface area contributed by atoms with E-state index in [1.807, 2.05) is 91.0 Å². The lowest BCUT2D eigenvalue weighted by molar-refractivity contribution is -0.150. The molecule has 3 aromatic carbocycles. The molecule has 4 atom stereocenters. The second-order valence-electron chi connectivity index (χ2n) is 11.3. The van der Waals surface area contributed by atoms with Crippen molar-refractivity contribution in [1.82, 2.24) is 10.6 Å². The standard InChI is InChI=1S/C38H46N2O5/c1-3-5-22-33(23-29-16-9-6-10-17-29)38(44)45-28-35(25-31-20-13-8-14-21-31)40-37(43)32(15-4-2)26-36(42)39-34(27-41)24-30-18-11-7-12-19-30/h3-4,6-14,16-21,32-35,41H,1-2,5,15,22-28H2,(H,39,42)(H,40,43). The van der Waals surface area contributed by atoms with Crippen LogP contribution in [0.3, 0.4) is 0 Å². The molecule has 4 unspecified atom stereocenters. The van der Waals surface area contributed by atoms with E-state index in [1.165, 1.54) is 0 Å². The van der Waals surface area contributed by atoms with Gasteiger partial charge in [0.1, 0.15) is 6.61 Å². The Labute approximate surface area is 267 Å². The summed E-state index contributed by atoms with van der Waals surface area (Å²) in [6.07, 6.45) is 6.42. The van der Waals surface area contributed by atoms with Crippen molar-refractivity contribution in [3.63, 3.8) is 0 Å². The molecule has 0 spiro atoms. The summed E-state index contributed by atoms with van der Waals surface area (Å²) in [4.78, 5) is 39.8. The van der Waals surface area contributed by atoms with Gasteiger partial charge in [0.2, 0.25) is 11.8 Å². The highest BCUT2D eigenvalue weighted by molar-refractivity contribution is 5.86. The molecule has 2 amide bonds. The van der Waals surface area contributed by atoms with Crippen LogP contribution in [0.1, 0.15) is 42.4 Å². The predicted molar refractivity (Wildman–Crippen MR) is 178 cm³/mol. The molecule has 0 saturated heterocycles. The van der Waals surface area contributed by atoms with Gasteiger partial charge in [-0.3, -0.25) is 14.4 Å². The number of carbonyl (C=O) groups is 3. The molecule has 0 bridgehead atoms. The van der Waals surface area contributed by atoms with E-state index in [9.17, 15) is 19.5 Å². The molecule has 0 fully saturated rings. The van der Waals surface area contributed by atoms with E-state index in [4.69, 9.17) is 4.74 Å². The van der Waals surface area contributed by atoms with Crippen molar-refractivity contribution >= 4 is 17.8 Å². The van der Waals surface area contributed by atoms with Crippen LogP contribution < -0.4 is 10.6 Å². The van der Waals surface area contributed by atoms with Gasteiger partial charge in [-0.05, 0) is 55.2 Å². The zero-order valence-corrected chi connectivity index (χ0v) is 26.0. The Morgan fingerprint density at radius 1 is 0.711 bits per heavy atom. The van der Waals surface area contributed by atoms with E-state index in [1.54, 1.807) is 12.2 Å². The van der Waals surface area contributed by atoms with Crippen molar-refractivity contribution in [3.8, 4) is 0 Å². The maximum atomic E-state index is 13.5. The molecule has 3 N–H and O–H groups in total. The van der Waals surface area contributed by atoms with Gasteiger partial charge in [-0.1, -0.05) is 103 Å². The molecule has 0 heterocycles. The largest absolute Gasteiger partial charge is 0.463 e. The fourth-order valence-electron chi connectivity index (χ4n) is 5.25. The zero-order chi connectivity index (χ0) is 32.3. The Kier molecular flexibility index (Phi) is 15.3. The maximum absolute atomic E-state index is 13.5. The van der Waals surface area contributed by atoms with Crippen molar-refractivity contribution < 1.29 is 24.2 Å². The van der Waals surface area contributed by atoms with Crippen LogP contribution in [0.4, 0.5) is 0 Å². The first kappa shape index (κ1) is 35.0. The zero-order valence-electron chi connectivity index (χ0n) is 26.0. The van der Waals surface area contributed by atoms with Gasteiger partial charge in [-0.15, -0.1) is 13.2 Å². The first-order chi connectivity index (χ1) is 21.9. The Balaban J connectivity index is 1.66. The lowest BCUT2D eigenvalue weighted by Crippen LogP contribution is -2.45. The van der Waals surface area contributed by atoms with Gasteiger partial charge in [-0.2, -0.15) is 0 Å². The highest BCUT2D eigenvalue weighted by Gasteiger charge is 2.27. The quantitative estimate of drug-likeness (QED) is 0.118. The molecule has 0 saturated carbocycles. The molecule has 0 aliphatic heterocycles. The summed E-state index contributed by atoms with van der Waals surface area (Å²) in [5.74, 6) is -1.98. The summed E-state index contributed by atoms with van der Waals surface area (Å²) in [5, 5.41) is 15.8. The van der Waals surface area contributed by atoms with Crippen molar-refractivity contribution in [2.24, 2.45) is 11.8 Å². The van der Waals surface area contributed by atoms with Crippen LogP contribution in [0.5, 0.6) is 0 Å². The third kappa shape index (κ3) is 13.0. The molecular formula is C38H46N2O5. The number of benzene rings is 3. The Morgan fingerprint density at radius 3 is 1.76 bits per heavy atom. The van der Waals surface area contributed by atoms with E-state index in [0.717, 1.165) is 16.7 Å². The SMILES string of the molecule is C=CCCC(Cc1ccccc1)C(=O)OCC(Cc1ccccc1)NC(=O)C(CC=C)CC(=O)NC(CO)Cc1ccccc1.